The van der Waals surface area contributed by atoms with Crippen LogP contribution in [-0.4, -0.2) is 54.1 Å². The van der Waals surface area contributed by atoms with Crippen molar-refractivity contribution in [2.45, 2.75) is 37.3 Å². The number of hydrogen-bond acceptors (Lipinski definition) is 5. The van der Waals surface area contributed by atoms with E-state index >= 15 is 0 Å². The summed E-state index contributed by atoms with van der Waals surface area (Å²) in [5.41, 5.74) is 6.23. The van der Waals surface area contributed by atoms with Crippen molar-refractivity contribution >= 4 is 30.2 Å². The summed E-state index contributed by atoms with van der Waals surface area (Å²) in [7, 11) is 0. The van der Waals surface area contributed by atoms with E-state index in [0.717, 1.165) is 33.5 Å². The minimum Gasteiger partial charge on any atom is -0.480 e. The van der Waals surface area contributed by atoms with Crippen LogP contribution in [-0.2, 0) is 16.0 Å². The number of carboxylic acid groups (broad SMARTS) is 1. The predicted molar refractivity (Wildman–Crippen MR) is 144 cm³/mol. The Labute approximate surface area is 222 Å². The van der Waals surface area contributed by atoms with E-state index in [9.17, 15) is 19.8 Å². The fourth-order valence-electron chi connectivity index (χ4n) is 5.30. The maximum atomic E-state index is 12.7. The number of nitrogens with zero attached hydrogens (tertiary/aromatic N) is 1. The van der Waals surface area contributed by atoms with Crippen molar-refractivity contribution in [2.24, 2.45) is 0 Å². The molecule has 8 heteroatoms. The molecular formula is C29H31ClN2O5. The van der Waals surface area contributed by atoms with Gasteiger partial charge in [-0.25, -0.2) is 9.59 Å². The second-order valence-electron chi connectivity index (χ2n) is 9.41. The predicted octanol–water partition coefficient (Wildman–Crippen LogP) is 4.60. The highest BCUT2D eigenvalue weighted by Gasteiger charge is 2.30. The maximum Gasteiger partial charge on any atom is 0.407 e. The molecule has 1 fully saturated rings. The summed E-state index contributed by atoms with van der Waals surface area (Å²) in [6, 6.07) is 22.6. The van der Waals surface area contributed by atoms with E-state index in [0.29, 0.717) is 25.9 Å². The molecule has 1 amide bonds. The highest BCUT2D eigenvalue weighted by atomic mass is 35.5. The fraction of sp³-hybridized carbons (Fsp3) is 0.310. The Kier molecular flexibility index (Phi) is 8.36. The molecule has 5 rings (SSSR count). The Balaban J connectivity index is 0.00000320. The van der Waals surface area contributed by atoms with Gasteiger partial charge >= 0.3 is 12.1 Å². The maximum absolute atomic E-state index is 12.7. The number of aliphatic hydroxyl groups excluding tert-OH is 1. The fourth-order valence-corrected chi connectivity index (χ4v) is 5.30. The van der Waals surface area contributed by atoms with Gasteiger partial charge in [-0.3, -0.25) is 0 Å². The van der Waals surface area contributed by atoms with Crippen molar-refractivity contribution in [2.75, 3.05) is 24.6 Å². The summed E-state index contributed by atoms with van der Waals surface area (Å²) in [5.74, 6) is -1.21. The molecule has 1 heterocycles. The van der Waals surface area contributed by atoms with Crippen molar-refractivity contribution in [1.82, 2.24) is 5.32 Å². The third kappa shape index (κ3) is 5.73. The van der Waals surface area contributed by atoms with Crippen LogP contribution < -0.4 is 10.2 Å². The third-order valence-electron chi connectivity index (χ3n) is 7.15. The van der Waals surface area contributed by atoms with Gasteiger partial charge in [0.15, 0.2) is 0 Å². The minimum atomic E-state index is -1.13. The molecular weight excluding hydrogens is 492 g/mol. The lowest BCUT2D eigenvalue weighted by atomic mass is 9.98. The monoisotopic (exact) mass is 522 g/mol. The summed E-state index contributed by atoms with van der Waals surface area (Å²) < 4.78 is 5.56. The zero-order chi connectivity index (χ0) is 25.1. The quantitative estimate of drug-likeness (QED) is 0.419. The molecule has 3 aromatic rings. The zero-order valence-corrected chi connectivity index (χ0v) is 21.2. The number of amides is 1. The smallest absolute Gasteiger partial charge is 0.407 e. The molecule has 2 aliphatic rings. The molecule has 0 aromatic heterocycles. The number of nitrogens with one attached hydrogen (secondary N) is 1. The second-order valence-corrected chi connectivity index (χ2v) is 9.41. The van der Waals surface area contributed by atoms with Crippen LogP contribution in [0, 0.1) is 0 Å². The number of carbonyl (C=O) groups excluding carboxylic acids is 1. The van der Waals surface area contributed by atoms with Gasteiger partial charge < -0.3 is 25.2 Å². The van der Waals surface area contributed by atoms with Crippen LogP contribution in [0.1, 0.15) is 35.4 Å². The molecule has 1 unspecified atom stereocenters. The SMILES string of the molecule is Cl.O=C(NC(Cc1ccccc1N1CCC(O)CC1)C(=O)O)OCC1c2ccccc2-c2ccccc21. The Morgan fingerprint density at radius 2 is 1.49 bits per heavy atom. The Bertz CT molecular complexity index is 1210. The second kappa shape index (κ2) is 11.7. The first-order valence-electron chi connectivity index (χ1n) is 12.4. The average Bonchev–Trinajstić information content (AvgIpc) is 3.21. The lowest BCUT2D eigenvalue weighted by Crippen LogP contribution is -2.43. The summed E-state index contributed by atoms with van der Waals surface area (Å²) in [6.45, 7) is 1.53. The minimum absolute atomic E-state index is 0. The number of fused-ring (bicyclic) bond motifs is 3. The van der Waals surface area contributed by atoms with Gasteiger partial charge in [0, 0.05) is 31.1 Å². The van der Waals surface area contributed by atoms with Crippen molar-refractivity contribution in [3.8, 4) is 11.1 Å². The van der Waals surface area contributed by atoms with Crippen LogP contribution in [0.4, 0.5) is 10.5 Å². The van der Waals surface area contributed by atoms with E-state index in [1.54, 1.807) is 0 Å². The lowest BCUT2D eigenvalue weighted by molar-refractivity contribution is -0.139. The normalized spacial score (nSPS) is 15.8. The Morgan fingerprint density at radius 3 is 2.11 bits per heavy atom. The van der Waals surface area contributed by atoms with Gasteiger partial charge in [-0.15, -0.1) is 12.4 Å². The number of piperidine rings is 1. The molecule has 1 aliphatic carbocycles. The van der Waals surface area contributed by atoms with Crippen molar-refractivity contribution < 1.29 is 24.5 Å². The number of carbonyl (C=O) groups is 2. The number of para-hydroxylation sites is 1. The third-order valence-corrected chi connectivity index (χ3v) is 7.15. The number of alkyl carbamates (subject to hydrolysis) is 1. The van der Waals surface area contributed by atoms with Crippen molar-refractivity contribution in [3.05, 3.63) is 89.5 Å². The van der Waals surface area contributed by atoms with Gasteiger partial charge in [0.2, 0.25) is 0 Å². The molecule has 7 nitrogen and oxygen atoms in total. The van der Waals surface area contributed by atoms with E-state index < -0.39 is 18.1 Å². The van der Waals surface area contributed by atoms with Gasteiger partial charge in [0.1, 0.15) is 12.6 Å². The molecule has 1 aliphatic heterocycles. The topological polar surface area (TPSA) is 99.1 Å². The molecule has 0 spiro atoms. The average molecular weight is 523 g/mol. The van der Waals surface area contributed by atoms with E-state index in [1.807, 2.05) is 60.7 Å². The highest BCUT2D eigenvalue weighted by Crippen LogP contribution is 2.44. The number of anilines is 1. The van der Waals surface area contributed by atoms with E-state index in [2.05, 4.69) is 22.3 Å². The number of hydrogen-bond donors (Lipinski definition) is 3. The first-order chi connectivity index (χ1) is 17.5. The molecule has 3 aromatic carbocycles. The first-order valence-corrected chi connectivity index (χ1v) is 12.4. The van der Waals surface area contributed by atoms with Gasteiger partial charge in [0.05, 0.1) is 6.10 Å². The molecule has 37 heavy (non-hydrogen) atoms. The van der Waals surface area contributed by atoms with Crippen molar-refractivity contribution in [3.63, 3.8) is 0 Å². The van der Waals surface area contributed by atoms with Crippen LogP contribution in [0.15, 0.2) is 72.8 Å². The number of halogens is 1. The number of benzene rings is 3. The van der Waals surface area contributed by atoms with Crippen LogP contribution in [0.5, 0.6) is 0 Å². The largest absolute Gasteiger partial charge is 0.480 e. The number of rotatable bonds is 7. The highest BCUT2D eigenvalue weighted by molar-refractivity contribution is 5.85. The van der Waals surface area contributed by atoms with E-state index in [-0.39, 0.29) is 37.5 Å². The lowest BCUT2D eigenvalue weighted by Gasteiger charge is -2.33. The van der Waals surface area contributed by atoms with Gasteiger partial charge in [-0.05, 0) is 46.7 Å². The number of aliphatic carboxylic acids is 1. The van der Waals surface area contributed by atoms with Gasteiger partial charge in [-0.2, -0.15) is 0 Å². The molecule has 0 saturated carbocycles. The van der Waals surface area contributed by atoms with E-state index in [4.69, 9.17) is 4.74 Å². The number of carboxylic acids is 1. The van der Waals surface area contributed by atoms with Gasteiger partial charge in [-0.1, -0.05) is 66.7 Å². The zero-order valence-electron chi connectivity index (χ0n) is 20.4. The molecule has 1 atom stereocenters. The van der Waals surface area contributed by atoms with Crippen LogP contribution in [0.25, 0.3) is 11.1 Å². The first kappa shape index (κ1) is 26.5. The van der Waals surface area contributed by atoms with Gasteiger partial charge in [0.25, 0.3) is 0 Å². The van der Waals surface area contributed by atoms with Crippen LogP contribution in [0.3, 0.4) is 0 Å². The molecule has 194 valence electrons. The number of ether oxygens (including phenoxy) is 1. The Morgan fingerprint density at radius 1 is 0.919 bits per heavy atom. The number of aliphatic hydroxyl groups is 1. The van der Waals surface area contributed by atoms with Crippen LogP contribution in [0.2, 0.25) is 0 Å². The summed E-state index contributed by atoms with van der Waals surface area (Å²) in [5, 5.41) is 22.2. The molecule has 0 bridgehead atoms. The standard InChI is InChI=1S/C29H30N2O5.ClH/c32-20-13-15-31(16-14-20)27-12-6-1-7-19(27)17-26(28(33)34)30-29(35)36-18-25-23-10-4-2-8-21(23)22-9-3-5-11-24(22)25;/h1-12,20,25-26,32H,13-18H2,(H,30,35)(H,33,34);1H. The summed E-state index contributed by atoms with van der Waals surface area (Å²) in [6.07, 6.45) is 0.441. The Hall–Kier alpha value is -3.55. The molecule has 1 saturated heterocycles. The van der Waals surface area contributed by atoms with E-state index in [1.165, 1.54) is 0 Å². The van der Waals surface area contributed by atoms with Crippen molar-refractivity contribution in [1.29, 1.82) is 0 Å². The van der Waals surface area contributed by atoms with Crippen LogP contribution >= 0.6 is 12.4 Å². The summed E-state index contributed by atoms with van der Waals surface area (Å²) in [4.78, 5) is 26.9. The molecule has 3 N–H and O–H groups in total. The summed E-state index contributed by atoms with van der Waals surface area (Å²) >= 11 is 0. The molecule has 0 radical (unpaired) electrons.